The van der Waals surface area contributed by atoms with Crippen molar-refractivity contribution in [3.05, 3.63) is 12.7 Å². The molecule has 6 heteroatoms. The Hall–Kier alpha value is -1.24. The largest absolute Gasteiger partial charge is 0.449 e. The van der Waals surface area contributed by atoms with Crippen LogP contribution in [-0.4, -0.2) is 47.1 Å². The third-order valence-corrected chi connectivity index (χ3v) is 3.56. The first-order chi connectivity index (χ1) is 8.72. The van der Waals surface area contributed by atoms with E-state index >= 15 is 0 Å². The van der Waals surface area contributed by atoms with Gasteiger partial charge < -0.3 is 19.3 Å². The highest BCUT2D eigenvalue weighted by Crippen LogP contribution is 2.35. The molecule has 0 aromatic rings. The van der Waals surface area contributed by atoms with Crippen LogP contribution in [0.15, 0.2) is 12.7 Å². The summed E-state index contributed by atoms with van der Waals surface area (Å²) in [6.07, 6.45) is -0.489. The Kier molecular flexibility index (Phi) is 3.28. The third kappa shape index (κ3) is 2.09. The second-order valence-corrected chi connectivity index (χ2v) is 5.35. The monoisotopic (exact) mass is 270 g/mol. The Morgan fingerprint density at radius 2 is 2.11 bits per heavy atom. The summed E-state index contributed by atoms with van der Waals surface area (Å²) in [5.41, 5.74) is -2.18. The highest BCUT2D eigenvalue weighted by Gasteiger charge is 2.62. The van der Waals surface area contributed by atoms with Gasteiger partial charge in [-0.1, -0.05) is 13.0 Å². The van der Waals surface area contributed by atoms with Gasteiger partial charge >= 0.3 is 5.97 Å². The molecule has 2 aliphatic rings. The van der Waals surface area contributed by atoms with Crippen LogP contribution >= 0.6 is 0 Å². The van der Waals surface area contributed by atoms with E-state index in [2.05, 4.69) is 6.58 Å². The van der Waals surface area contributed by atoms with Gasteiger partial charge in [0.05, 0.1) is 6.61 Å². The normalized spacial score (nSPS) is 39.2. The van der Waals surface area contributed by atoms with Gasteiger partial charge in [0.2, 0.25) is 11.4 Å². The van der Waals surface area contributed by atoms with Crippen molar-refractivity contribution in [2.75, 3.05) is 6.61 Å². The van der Waals surface area contributed by atoms with E-state index in [1.807, 2.05) is 0 Å². The molecule has 0 bridgehead atoms. The molecule has 0 spiro atoms. The molecule has 106 valence electrons. The van der Waals surface area contributed by atoms with Gasteiger partial charge in [-0.15, -0.1) is 6.58 Å². The first-order valence-electron chi connectivity index (χ1n) is 6.14. The molecule has 4 atom stereocenters. The lowest BCUT2D eigenvalue weighted by atomic mass is 9.84. The van der Waals surface area contributed by atoms with Crippen molar-refractivity contribution < 1.29 is 28.9 Å². The summed E-state index contributed by atoms with van der Waals surface area (Å²) in [5, 5.41) is 10.3. The molecule has 0 amide bonds. The lowest BCUT2D eigenvalue weighted by Gasteiger charge is -2.22. The summed E-state index contributed by atoms with van der Waals surface area (Å²) < 4.78 is 15.8. The molecule has 2 heterocycles. The topological polar surface area (TPSA) is 82.1 Å². The number of carbonyl (C=O) groups excluding carboxylic acids is 2. The van der Waals surface area contributed by atoms with E-state index in [4.69, 9.17) is 14.2 Å². The van der Waals surface area contributed by atoms with Gasteiger partial charge in [-0.3, -0.25) is 4.79 Å². The van der Waals surface area contributed by atoms with E-state index in [1.165, 1.54) is 13.0 Å². The maximum atomic E-state index is 12.3. The maximum absolute atomic E-state index is 12.3. The summed E-state index contributed by atoms with van der Waals surface area (Å²) >= 11 is 0. The van der Waals surface area contributed by atoms with Gasteiger partial charge in [0, 0.05) is 5.92 Å². The fraction of sp³-hybridized carbons (Fsp3) is 0.692. The van der Waals surface area contributed by atoms with Crippen LogP contribution in [0.2, 0.25) is 0 Å². The Morgan fingerprint density at radius 3 is 2.58 bits per heavy atom. The molecule has 0 aliphatic carbocycles. The van der Waals surface area contributed by atoms with Crippen LogP contribution < -0.4 is 0 Å². The van der Waals surface area contributed by atoms with Crippen LogP contribution in [0.1, 0.15) is 20.8 Å². The number of carbonyl (C=O) groups is 2. The average Bonchev–Trinajstić information content (AvgIpc) is 2.81. The number of ketones is 1. The van der Waals surface area contributed by atoms with E-state index in [9.17, 15) is 14.7 Å². The van der Waals surface area contributed by atoms with Crippen molar-refractivity contribution in [3.8, 4) is 0 Å². The molecule has 0 aromatic carbocycles. The van der Waals surface area contributed by atoms with Crippen LogP contribution in [0.5, 0.6) is 0 Å². The number of esters is 1. The van der Waals surface area contributed by atoms with E-state index in [0.29, 0.717) is 0 Å². The number of Topliss-reactive ketones (excluding diaryl/α,β-unsaturated/α-hetero) is 1. The molecule has 19 heavy (non-hydrogen) atoms. The Morgan fingerprint density at radius 1 is 1.47 bits per heavy atom. The second kappa shape index (κ2) is 4.40. The smallest absolute Gasteiger partial charge is 0.347 e. The number of rotatable bonds is 3. The highest BCUT2D eigenvalue weighted by molar-refractivity contribution is 6.14. The summed E-state index contributed by atoms with van der Waals surface area (Å²) in [6, 6.07) is 0. The van der Waals surface area contributed by atoms with Crippen LogP contribution in [0.25, 0.3) is 0 Å². The average molecular weight is 270 g/mol. The van der Waals surface area contributed by atoms with Crippen molar-refractivity contribution in [2.24, 2.45) is 5.92 Å². The lowest BCUT2D eigenvalue weighted by Crippen LogP contribution is -2.49. The Bertz CT molecular complexity index is 429. The Balaban J connectivity index is 2.22. The predicted molar refractivity (Wildman–Crippen MR) is 64.1 cm³/mol. The SMILES string of the molecule is C=CC(C)[C@@]1(O)C(=O)O[C@H]([C@@H]2COC(C)(C)O2)C1=O. The molecule has 2 rings (SSSR count). The van der Waals surface area contributed by atoms with Crippen LogP contribution in [0.3, 0.4) is 0 Å². The van der Waals surface area contributed by atoms with Crippen molar-refractivity contribution in [3.63, 3.8) is 0 Å². The molecule has 1 N–H and O–H groups in total. The summed E-state index contributed by atoms with van der Waals surface area (Å²) in [7, 11) is 0. The summed E-state index contributed by atoms with van der Waals surface area (Å²) in [5.74, 6) is -3.21. The van der Waals surface area contributed by atoms with Crippen LogP contribution in [0, 0.1) is 5.92 Å². The van der Waals surface area contributed by atoms with Gasteiger partial charge in [0.1, 0.15) is 6.10 Å². The number of hydrogen-bond acceptors (Lipinski definition) is 6. The number of ether oxygens (including phenoxy) is 3. The molecule has 0 radical (unpaired) electrons. The third-order valence-electron chi connectivity index (χ3n) is 3.56. The van der Waals surface area contributed by atoms with Gasteiger partial charge in [0.25, 0.3) is 0 Å². The first kappa shape index (κ1) is 14.2. The second-order valence-electron chi connectivity index (χ2n) is 5.35. The fourth-order valence-electron chi connectivity index (χ4n) is 2.27. The maximum Gasteiger partial charge on any atom is 0.347 e. The first-order valence-corrected chi connectivity index (χ1v) is 6.14. The van der Waals surface area contributed by atoms with Gasteiger partial charge in [0.15, 0.2) is 11.9 Å². The molecule has 2 fully saturated rings. The van der Waals surface area contributed by atoms with Gasteiger partial charge in [-0.05, 0) is 13.8 Å². The molecular formula is C13H18O6. The minimum absolute atomic E-state index is 0.134. The number of aliphatic hydroxyl groups is 1. The summed E-state index contributed by atoms with van der Waals surface area (Å²) in [4.78, 5) is 24.1. The van der Waals surface area contributed by atoms with Crippen molar-refractivity contribution in [2.45, 2.75) is 44.4 Å². The molecule has 0 saturated carbocycles. The fourth-order valence-corrected chi connectivity index (χ4v) is 2.27. The molecular weight excluding hydrogens is 252 g/mol. The van der Waals surface area contributed by atoms with Gasteiger partial charge in [-0.25, -0.2) is 4.79 Å². The van der Waals surface area contributed by atoms with Gasteiger partial charge in [-0.2, -0.15) is 0 Å². The van der Waals surface area contributed by atoms with E-state index in [-0.39, 0.29) is 6.61 Å². The zero-order valence-corrected chi connectivity index (χ0v) is 11.2. The van der Waals surface area contributed by atoms with Crippen molar-refractivity contribution in [1.29, 1.82) is 0 Å². The lowest BCUT2D eigenvalue weighted by molar-refractivity contribution is -0.166. The minimum atomic E-state index is -2.18. The van der Waals surface area contributed by atoms with E-state index < -0.39 is 41.3 Å². The zero-order valence-electron chi connectivity index (χ0n) is 11.2. The zero-order chi connectivity index (χ0) is 14.4. The van der Waals surface area contributed by atoms with Crippen molar-refractivity contribution in [1.82, 2.24) is 0 Å². The van der Waals surface area contributed by atoms with Crippen LogP contribution in [0.4, 0.5) is 0 Å². The molecule has 1 unspecified atom stereocenters. The standard InChI is InChI=1S/C13H18O6/c1-5-7(2)13(16)10(14)9(18-11(13)15)8-6-17-12(3,4)19-8/h5,7-9,16H,1,6H2,2-4H3/t7?,8-,9+,13-/m0/s1. The molecule has 6 nitrogen and oxygen atoms in total. The van der Waals surface area contributed by atoms with Crippen LogP contribution in [-0.2, 0) is 23.8 Å². The van der Waals surface area contributed by atoms with Crippen molar-refractivity contribution >= 4 is 11.8 Å². The number of cyclic esters (lactones) is 1. The number of hydrogen-bond donors (Lipinski definition) is 1. The summed E-state index contributed by atoms with van der Waals surface area (Å²) in [6.45, 7) is 8.56. The quantitative estimate of drug-likeness (QED) is 0.448. The minimum Gasteiger partial charge on any atom is -0.449 e. The predicted octanol–water partition coefficient (Wildman–Crippen LogP) is 0.186. The van der Waals surface area contributed by atoms with E-state index in [0.717, 1.165) is 0 Å². The molecule has 2 saturated heterocycles. The van der Waals surface area contributed by atoms with E-state index in [1.54, 1.807) is 13.8 Å². The molecule has 2 aliphatic heterocycles. The highest BCUT2D eigenvalue weighted by atomic mass is 16.8. The molecule has 0 aromatic heterocycles. The Labute approximate surface area is 111 Å².